The minimum atomic E-state index is -0.979. The summed E-state index contributed by atoms with van der Waals surface area (Å²) in [6.07, 6.45) is 18.0. The Balaban J connectivity index is 1.60. The zero-order valence-electron chi connectivity index (χ0n) is 25.1. The van der Waals surface area contributed by atoms with Gasteiger partial charge in [0, 0.05) is 6.42 Å². The molecule has 2 N–H and O–H groups in total. The van der Waals surface area contributed by atoms with Crippen LogP contribution in [0.4, 0.5) is 0 Å². The third kappa shape index (κ3) is 10.4. The quantitative estimate of drug-likeness (QED) is 0.126. The van der Waals surface area contributed by atoms with Crippen molar-refractivity contribution < 1.29 is 29.3 Å². The van der Waals surface area contributed by atoms with Gasteiger partial charge >= 0.3 is 11.9 Å². The molecule has 2 aliphatic carbocycles. The lowest BCUT2D eigenvalue weighted by Crippen LogP contribution is -2.30. The van der Waals surface area contributed by atoms with Gasteiger partial charge in [0.05, 0.1) is 6.10 Å². The van der Waals surface area contributed by atoms with Crippen LogP contribution in [-0.2, 0) is 27.2 Å². The van der Waals surface area contributed by atoms with Gasteiger partial charge in [0.15, 0.2) is 6.61 Å². The number of benzene rings is 1. The summed E-state index contributed by atoms with van der Waals surface area (Å²) in [6, 6.07) is 5.93. The fourth-order valence-corrected chi connectivity index (χ4v) is 6.98. The first-order valence-corrected chi connectivity index (χ1v) is 16.3. The summed E-state index contributed by atoms with van der Waals surface area (Å²) in [5, 5.41) is 19.9. The highest BCUT2D eigenvalue weighted by molar-refractivity contribution is 5.69. The fraction of sp³-hybridized carbons (Fsp3) is 0.765. The van der Waals surface area contributed by atoms with Crippen LogP contribution in [0.15, 0.2) is 18.2 Å². The fourth-order valence-electron chi connectivity index (χ4n) is 6.98. The summed E-state index contributed by atoms with van der Waals surface area (Å²) < 4.78 is 11.8. The Morgan fingerprint density at radius 1 is 0.925 bits per heavy atom. The van der Waals surface area contributed by atoms with Gasteiger partial charge in [0.2, 0.25) is 0 Å². The highest BCUT2D eigenvalue weighted by Gasteiger charge is 2.47. The average Bonchev–Trinajstić information content (AvgIpc) is 3.26. The summed E-state index contributed by atoms with van der Waals surface area (Å²) in [5.41, 5.74) is 2.32. The monoisotopic (exact) mass is 558 g/mol. The maximum Gasteiger partial charge on any atom is 0.341 e. The summed E-state index contributed by atoms with van der Waals surface area (Å²) in [5.74, 6) is 0.599. The van der Waals surface area contributed by atoms with E-state index in [9.17, 15) is 14.7 Å². The lowest BCUT2D eigenvalue weighted by molar-refractivity contribution is -0.151. The number of aliphatic hydroxyl groups excluding tert-OH is 1. The first kappa shape index (κ1) is 32.4. The Morgan fingerprint density at radius 2 is 1.62 bits per heavy atom. The molecule has 2 aliphatic rings. The number of unbranched alkanes of at least 4 members (excludes halogenated alkanes) is 9. The first-order chi connectivity index (χ1) is 19.4. The van der Waals surface area contributed by atoms with Gasteiger partial charge in [-0.3, -0.25) is 4.79 Å². The third-order valence-electron chi connectivity index (χ3n) is 9.16. The van der Waals surface area contributed by atoms with Crippen molar-refractivity contribution in [2.24, 2.45) is 17.8 Å². The molecule has 3 rings (SSSR count). The number of aliphatic carboxylic acids is 1. The number of carbonyl (C=O) groups is 2. The van der Waals surface area contributed by atoms with Gasteiger partial charge in [-0.25, -0.2) is 4.79 Å². The maximum atomic E-state index is 12.8. The molecule has 1 aromatic rings. The van der Waals surface area contributed by atoms with Crippen LogP contribution in [0.25, 0.3) is 0 Å². The van der Waals surface area contributed by atoms with Gasteiger partial charge in [-0.15, -0.1) is 0 Å². The van der Waals surface area contributed by atoms with Gasteiger partial charge in [-0.2, -0.15) is 0 Å². The zero-order chi connectivity index (χ0) is 28.7. The number of fused-ring (bicyclic) bond motifs is 2. The molecule has 40 heavy (non-hydrogen) atoms. The smallest absolute Gasteiger partial charge is 0.341 e. The normalized spacial score (nSPS) is 22.4. The molecular formula is C34H54O6. The second-order valence-corrected chi connectivity index (χ2v) is 12.3. The van der Waals surface area contributed by atoms with E-state index in [-0.39, 0.29) is 30.7 Å². The highest BCUT2D eigenvalue weighted by atomic mass is 16.5. The van der Waals surface area contributed by atoms with Crippen molar-refractivity contribution in [3.05, 3.63) is 29.3 Å². The van der Waals surface area contributed by atoms with E-state index in [1.165, 1.54) is 44.1 Å². The molecule has 1 aromatic carbocycles. The summed E-state index contributed by atoms with van der Waals surface area (Å²) in [4.78, 5) is 23.9. The van der Waals surface area contributed by atoms with Gasteiger partial charge < -0.3 is 19.7 Å². The number of hydrogen-bond acceptors (Lipinski definition) is 5. The van der Waals surface area contributed by atoms with E-state index in [4.69, 9.17) is 14.6 Å². The molecule has 6 heteroatoms. The van der Waals surface area contributed by atoms with E-state index >= 15 is 0 Å². The van der Waals surface area contributed by atoms with E-state index in [1.54, 1.807) is 0 Å². The summed E-state index contributed by atoms with van der Waals surface area (Å²) >= 11 is 0. The van der Waals surface area contributed by atoms with Gasteiger partial charge in [0.25, 0.3) is 0 Å². The molecule has 0 unspecified atom stereocenters. The van der Waals surface area contributed by atoms with Crippen molar-refractivity contribution in [2.75, 3.05) is 6.61 Å². The van der Waals surface area contributed by atoms with Crippen molar-refractivity contribution >= 4 is 11.9 Å². The second kappa shape index (κ2) is 17.7. The second-order valence-electron chi connectivity index (χ2n) is 12.3. The zero-order valence-corrected chi connectivity index (χ0v) is 25.1. The number of carboxylic acid groups (broad SMARTS) is 1. The largest absolute Gasteiger partial charge is 0.482 e. The minimum absolute atomic E-state index is 0.0867. The van der Waals surface area contributed by atoms with Crippen LogP contribution < -0.4 is 4.74 Å². The topological polar surface area (TPSA) is 93.1 Å². The lowest BCUT2D eigenvalue weighted by Gasteiger charge is -2.32. The lowest BCUT2D eigenvalue weighted by atomic mass is 9.73. The molecule has 5 atom stereocenters. The number of carbonyl (C=O) groups excluding carboxylic acids is 1. The number of rotatable bonds is 20. The molecule has 226 valence electrons. The van der Waals surface area contributed by atoms with Crippen LogP contribution in [0, 0.1) is 17.8 Å². The van der Waals surface area contributed by atoms with E-state index in [0.29, 0.717) is 24.0 Å². The Kier molecular flexibility index (Phi) is 14.3. The van der Waals surface area contributed by atoms with E-state index in [1.807, 2.05) is 12.1 Å². The van der Waals surface area contributed by atoms with Crippen molar-refractivity contribution in [2.45, 2.75) is 142 Å². The molecule has 0 amide bonds. The number of hydrogen-bond donors (Lipinski definition) is 2. The predicted molar refractivity (Wildman–Crippen MR) is 159 cm³/mol. The number of ether oxygens (including phenoxy) is 2. The van der Waals surface area contributed by atoms with Crippen LogP contribution in [0.2, 0.25) is 0 Å². The number of carboxylic acids is 1. The van der Waals surface area contributed by atoms with Crippen molar-refractivity contribution in [1.29, 1.82) is 0 Å². The van der Waals surface area contributed by atoms with Crippen LogP contribution in [0.5, 0.6) is 5.75 Å². The van der Waals surface area contributed by atoms with Crippen LogP contribution in [0.1, 0.15) is 128 Å². The molecular weight excluding hydrogens is 504 g/mol. The van der Waals surface area contributed by atoms with E-state index in [0.717, 1.165) is 76.2 Å². The summed E-state index contributed by atoms with van der Waals surface area (Å²) in [6.45, 7) is 4.06. The Bertz CT molecular complexity index is 898. The number of esters is 1. The average molecular weight is 559 g/mol. The number of aliphatic hydroxyl groups is 1. The van der Waals surface area contributed by atoms with Gasteiger partial charge in [-0.1, -0.05) is 90.2 Å². The molecule has 0 bridgehead atoms. The first-order valence-electron chi connectivity index (χ1n) is 16.3. The van der Waals surface area contributed by atoms with Crippen LogP contribution >= 0.6 is 0 Å². The van der Waals surface area contributed by atoms with Gasteiger partial charge in [-0.05, 0) is 79.9 Å². The molecule has 0 aromatic heterocycles. The Morgan fingerprint density at radius 3 is 2.35 bits per heavy atom. The molecule has 0 aliphatic heterocycles. The third-order valence-corrected chi connectivity index (χ3v) is 9.16. The maximum absolute atomic E-state index is 12.8. The van der Waals surface area contributed by atoms with Crippen molar-refractivity contribution in [3.8, 4) is 5.75 Å². The molecule has 6 nitrogen and oxygen atoms in total. The molecule has 1 saturated carbocycles. The highest BCUT2D eigenvalue weighted by Crippen LogP contribution is 2.49. The standard InChI is InChI=1S/C34H54O6/c1-3-5-7-9-10-11-12-16-27(35)19-20-28-29-21-25-15-14-17-31(39-24-33(36)37)30(25)22-26(29)23-32(28)40-34(38)18-13-8-6-4-2/h14-15,17,26-29,32,35H,3-13,16,18-24H2,1-2H3,(H,36,37)/t26-,27-,28+,29-,32+/m0/s1. The van der Waals surface area contributed by atoms with Crippen LogP contribution in [-0.4, -0.2) is 41.0 Å². The van der Waals surface area contributed by atoms with Gasteiger partial charge in [0.1, 0.15) is 11.9 Å². The van der Waals surface area contributed by atoms with Crippen molar-refractivity contribution in [1.82, 2.24) is 0 Å². The van der Waals surface area contributed by atoms with Crippen LogP contribution in [0.3, 0.4) is 0 Å². The minimum Gasteiger partial charge on any atom is -0.482 e. The molecule has 0 spiro atoms. The Labute approximate surface area is 242 Å². The Hall–Kier alpha value is -2.08. The predicted octanol–water partition coefficient (Wildman–Crippen LogP) is 7.66. The summed E-state index contributed by atoms with van der Waals surface area (Å²) in [7, 11) is 0. The molecule has 0 radical (unpaired) electrons. The van der Waals surface area contributed by atoms with E-state index < -0.39 is 5.97 Å². The van der Waals surface area contributed by atoms with E-state index in [2.05, 4.69) is 19.9 Å². The SMILES string of the molecule is CCCCCCCCC[C@H](O)CC[C@@H]1[C@H]2Cc3cccc(OCC(=O)O)c3C[C@H]2C[C@H]1OC(=O)CCCCCC. The van der Waals surface area contributed by atoms with Crippen molar-refractivity contribution in [3.63, 3.8) is 0 Å². The molecule has 0 heterocycles. The molecule has 1 fully saturated rings. The molecule has 0 saturated heterocycles.